The number of rotatable bonds is 5. The number of carboxylic acids is 1. The van der Waals surface area contributed by atoms with Gasteiger partial charge in [0.15, 0.2) is 6.04 Å². The Hall–Kier alpha value is -1.85. The quantitative estimate of drug-likeness (QED) is 0.694. The zero-order valence-electron chi connectivity index (χ0n) is 9.34. The lowest BCUT2D eigenvalue weighted by molar-refractivity contribution is -0.142. The number of carbonyl (C=O) groups is 2. The van der Waals surface area contributed by atoms with E-state index in [1.165, 1.54) is 12.2 Å². The van der Waals surface area contributed by atoms with Crippen molar-refractivity contribution in [1.29, 1.82) is 0 Å². The van der Waals surface area contributed by atoms with E-state index in [0.29, 0.717) is 5.02 Å². The first-order valence-electron chi connectivity index (χ1n) is 5.10. The van der Waals surface area contributed by atoms with E-state index in [-0.39, 0.29) is 0 Å². The van der Waals surface area contributed by atoms with Crippen LogP contribution in [-0.4, -0.2) is 34.7 Å². The summed E-state index contributed by atoms with van der Waals surface area (Å²) in [5, 5.41) is 20.1. The molecule has 0 saturated heterocycles. The summed E-state index contributed by atoms with van der Waals surface area (Å²) in [6.07, 6.45) is 2.71. The van der Waals surface area contributed by atoms with Crippen LogP contribution in [0.15, 0.2) is 30.3 Å². The van der Waals surface area contributed by atoms with Crippen molar-refractivity contribution in [2.45, 2.75) is 6.04 Å². The van der Waals surface area contributed by atoms with Gasteiger partial charge in [-0.1, -0.05) is 23.7 Å². The van der Waals surface area contributed by atoms with Gasteiger partial charge in [0.25, 0.3) is 0 Å². The summed E-state index contributed by atoms with van der Waals surface area (Å²) in [7, 11) is 0. The zero-order valence-corrected chi connectivity index (χ0v) is 10.1. The van der Waals surface area contributed by atoms with Crippen LogP contribution >= 0.6 is 11.6 Å². The van der Waals surface area contributed by atoms with Crippen LogP contribution in [0.25, 0.3) is 6.08 Å². The summed E-state index contributed by atoms with van der Waals surface area (Å²) < 4.78 is 0. The molecule has 5 nitrogen and oxygen atoms in total. The fourth-order valence-electron chi connectivity index (χ4n) is 1.15. The molecule has 96 valence electrons. The SMILES string of the molecule is O=C(/C=C/c1ccc(Cl)cc1)NC(CO)C(=O)O. The molecule has 1 aromatic carbocycles. The average Bonchev–Trinajstić information content (AvgIpc) is 2.35. The number of hydrogen-bond donors (Lipinski definition) is 3. The molecule has 18 heavy (non-hydrogen) atoms. The minimum atomic E-state index is -1.30. The summed E-state index contributed by atoms with van der Waals surface area (Å²) in [6.45, 7) is -0.657. The molecule has 0 radical (unpaired) electrons. The number of hydrogen-bond acceptors (Lipinski definition) is 3. The Kier molecular flexibility index (Phi) is 5.35. The molecule has 0 saturated carbocycles. The molecule has 6 heteroatoms. The normalized spacial score (nSPS) is 12.3. The highest BCUT2D eigenvalue weighted by atomic mass is 35.5. The lowest BCUT2D eigenvalue weighted by Gasteiger charge is -2.09. The summed E-state index contributed by atoms with van der Waals surface area (Å²) in [5.41, 5.74) is 0.755. The maximum Gasteiger partial charge on any atom is 0.328 e. The Morgan fingerprint density at radius 2 is 1.94 bits per heavy atom. The van der Waals surface area contributed by atoms with Gasteiger partial charge in [-0.15, -0.1) is 0 Å². The summed E-state index contributed by atoms with van der Waals surface area (Å²) in [4.78, 5) is 21.9. The van der Waals surface area contributed by atoms with Crippen molar-refractivity contribution in [3.63, 3.8) is 0 Å². The monoisotopic (exact) mass is 269 g/mol. The number of amides is 1. The lowest BCUT2D eigenvalue weighted by atomic mass is 10.2. The minimum absolute atomic E-state index is 0.586. The van der Waals surface area contributed by atoms with E-state index in [2.05, 4.69) is 5.32 Å². The predicted molar refractivity (Wildman–Crippen MR) is 67.1 cm³/mol. The lowest BCUT2D eigenvalue weighted by Crippen LogP contribution is -2.42. The average molecular weight is 270 g/mol. The van der Waals surface area contributed by atoms with E-state index >= 15 is 0 Å². The summed E-state index contributed by atoms with van der Waals surface area (Å²) in [5.74, 6) is -1.88. The minimum Gasteiger partial charge on any atom is -0.480 e. The number of nitrogens with one attached hydrogen (secondary N) is 1. The van der Waals surface area contributed by atoms with E-state index in [4.69, 9.17) is 21.8 Å². The number of carboxylic acid groups (broad SMARTS) is 1. The van der Waals surface area contributed by atoms with Crippen molar-refractivity contribution in [3.05, 3.63) is 40.9 Å². The number of carbonyl (C=O) groups excluding carboxylic acids is 1. The van der Waals surface area contributed by atoms with E-state index in [9.17, 15) is 9.59 Å². The third-order valence-electron chi connectivity index (χ3n) is 2.09. The number of aliphatic carboxylic acids is 1. The molecule has 3 N–H and O–H groups in total. The van der Waals surface area contributed by atoms with Crippen LogP contribution in [0.1, 0.15) is 5.56 Å². The highest BCUT2D eigenvalue weighted by Gasteiger charge is 2.16. The van der Waals surface area contributed by atoms with E-state index < -0.39 is 24.5 Å². The second kappa shape index (κ2) is 6.78. The number of aliphatic hydroxyl groups is 1. The van der Waals surface area contributed by atoms with Gasteiger partial charge in [-0.05, 0) is 23.8 Å². The van der Waals surface area contributed by atoms with Crippen LogP contribution in [0.4, 0.5) is 0 Å². The van der Waals surface area contributed by atoms with E-state index in [1.54, 1.807) is 24.3 Å². The van der Waals surface area contributed by atoms with Crippen LogP contribution in [0, 0.1) is 0 Å². The molecule has 0 aliphatic carbocycles. The Labute approximate surface area is 109 Å². The first-order valence-corrected chi connectivity index (χ1v) is 5.48. The van der Waals surface area contributed by atoms with Crippen LogP contribution < -0.4 is 5.32 Å². The van der Waals surface area contributed by atoms with Crippen molar-refractivity contribution >= 4 is 29.6 Å². The van der Waals surface area contributed by atoms with Crippen LogP contribution in [0.2, 0.25) is 5.02 Å². The molecule has 1 atom stereocenters. The van der Waals surface area contributed by atoms with Crippen molar-refractivity contribution in [1.82, 2.24) is 5.32 Å². The Balaban J connectivity index is 2.59. The zero-order chi connectivity index (χ0) is 13.5. The van der Waals surface area contributed by atoms with Gasteiger partial charge in [0.05, 0.1) is 6.61 Å². The molecule has 0 spiro atoms. The fraction of sp³-hybridized carbons (Fsp3) is 0.167. The molecule has 1 aromatic rings. The maximum absolute atomic E-state index is 11.4. The second-order valence-corrected chi connectivity index (χ2v) is 3.90. The van der Waals surface area contributed by atoms with Crippen LogP contribution in [0.5, 0.6) is 0 Å². The molecular formula is C12H12ClNO4. The highest BCUT2D eigenvalue weighted by Crippen LogP contribution is 2.10. The van der Waals surface area contributed by atoms with Gasteiger partial charge >= 0.3 is 5.97 Å². The molecule has 1 rings (SSSR count). The molecule has 0 bridgehead atoms. The Bertz CT molecular complexity index is 456. The number of halogens is 1. The van der Waals surface area contributed by atoms with Crippen molar-refractivity contribution in [3.8, 4) is 0 Å². The Morgan fingerprint density at radius 1 is 1.33 bits per heavy atom. The predicted octanol–water partition coefficient (Wildman–Crippen LogP) is 0.915. The van der Waals surface area contributed by atoms with Crippen molar-refractivity contribution in [2.75, 3.05) is 6.61 Å². The van der Waals surface area contributed by atoms with Gasteiger partial charge in [-0.3, -0.25) is 4.79 Å². The molecular weight excluding hydrogens is 258 g/mol. The fourth-order valence-corrected chi connectivity index (χ4v) is 1.28. The number of benzene rings is 1. The van der Waals surface area contributed by atoms with Gasteiger partial charge < -0.3 is 15.5 Å². The third-order valence-corrected chi connectivity index (χ3v) is 2.35. The van der Waals surface area contributed by atoms with Crippen molar-refractivity contribution < 1.29 is 19.8 Å². The summed E-state index contributed by atoms with van der Waals surface area (Å²) >= 11 is 5.70. The largest absolute Gasteiger partial charge is 0.480 e. The molecule has 1 amide bonds. The molecule has 0 aliphatic heterocycles. The van der Waals surface area contributed by atoms with Crippen molar-refractivity contribution in [2.24, 2.45) is 0 Å². The highest BCUT2D eigenvalue weighted by molar-refractivity contribution is 6.30. The first-order chi connectivity index (χ1) is 8.52. The van der Waals surface area contributed by atoms with Crippen LogP contribution in [0.3, 0.4) is 0 Å². The van der Waals surface area contributed by atoms with E-state index in [1.807, 2.05) is 0 Å². The topological polar surface area (TPSA) is 86.6 Å². The van der Waals surface area contributed by atoms with Gasteiger partial charge in [0, 0.05) is 11.1 Å². The smallest absolute Gasteiger partial charge is 0.328 e. The summed E-state index contributed by atoms with van der Waals surface area (Å²) in [6, 6.07) is 5.48. The molecule has 0 aliphatic rings. The van der Waals surface area contributed by atoms with Gasteiger partial charge in [0.1, 0.15) is 0 Å². The van der Waals surface area contributed by atoms with Crippen LogP contribution in [-0.2, 0) is 9.59 Å². The van der Waals surface area contributed by atoms with Gasteiger partial charge in [-0.25, -0.2) is 4.79 Å². The maximum atomic E-state index is 11.4. The standard InChI is InChI=1S/C12H12ClNO4/c13-9-4-1-8(2-5-9)3-6-11(16)14-10(7-15)12(17)18/h1-6,10,15H,7H2,(H,14,16)(H,17,18)/b6-3+. The first kappa shape index (κ1) is 14.2. The van der Waals surface area contributed by atoms with Gasteiger partial charge in [0.2, 0.25) is 5.91 Å². The molecule has 1 unspecified atom stereocenters. The molecule has 0 heterocycles. The molecule has 0 aromatic heterocycles. The second-order valence-electron chi connectivity index (χ2n) is 3.47. The van der Waals surface area contributed by atoms with Gasteiger partial charge in [-0.2, -0.15) is 0 Å². The number of aliphatic hydroxyl groups excluding tert-OH is 1. The molecule has 0 fully saturated rings. The van der Waals surface area contributed by atoms with E-state index in [0.717, 1.165) is 5.56 Å². The third kappa shape index (κ3) is 4.57. The Morgan fingerprint density at radius 3 is 2.44 bits per heavy atom.